The van der Waals surface area contributed by atoms with Crippen molar-refractivity contribution in [2.75, 3.05) is 12.1 Å². The molecule has 1 aliphatic heterocycles. The Bertz CT molecular complexity index is 1110. The van der Waals surface area contributed by atoms with Crippen molar-refractivity contribution in [3.8, 4) is 16.5 Å². The summed E-state index contributed by atoms with van der Waals surface area (Å²) in [6.45, 7) is 0.605. The van der Waals surface area contributed by atoms with Gasteiger partial charge in [0.15, 0.2) is 5.82 Å². The van der Waals surface area contributed by atoms with E-state index >= 15 is 0 Å². The molecule has 0 aliphatic carbocycles. The summed E-state index contributed by atoms with van der Waals surface area (Å²) in [4.78, 5) is 1.06. The molecular weight excluding hydrogens is 407 g/mol. The maximum atomic E-state index is 13.4. The maximum absolute atomic E-state index is 13.4. The van der Waals surface area contributed by atoms with Crippen molar-refractivity contribution in [2.24, 2.45) is 0 Å². The first-order valence-electron chi connectivity index (χ1n) is 9.04. The molecule has 0 amide bonds. The molecule has 0 unspecified atom stereocenters. The van der Waals surface area contributed by atoms with Gasteiger partial charge >= 0.3 is 0 Å². The number of methoxy groups -OCH3 is 1. The highest BCUT2D eigenvalue weighted by molar-refractivity contribution is 7.99. The lowest BCUT2D eigenvalue weighted by Gasteiger charge is -2.28. The summed E-state index contributed by atoms with van der Waals surface area (Å²) in [5.41, 5.74) is 2.16. The summed E-state index contributed by atoms with van der Waals surface area (Å²) in [6, 6.07) is 18.7. The molecule has 0 saturated heterocycles. The van der Waals surface area contributed by atoms with Crippen molar-refractivity contribution in [3.05, 3.63) is 83.0 Å². The normalized spacial score (nSPS) is 15.5. The molecule has 146 valence electrons. The number of benzene rings is 2. The Morgan fingerprint density at radius 3 is 2.52 bits per heavy atom. The standard InChI is InChI=1S/C21H17FN4OS2/c1-27-17-10-6-15(7-11-17)20-25(13-14-4-8-16(22)9-5-14)26-19(18-3-2-12-28-18)23-24-21(26)29-20/h2-12,20H,13H2,1H3/t20-/m0/s1. The number of ether oxygens (including phenoxy) is 1. The van der Waals surface area contributed by atoms with Crippen LogP contribution in [0.4, 0.5) is 4.39 Å². The van der Waals surface area contributed by atoms with Crippen LogP contribution in [0.5, 0.6) is 5.75 Å². The Balaban J connectivity index is 1.56. The molecule has 1 aliphatic rings. The van der Waals surface area contributed by atoms with Gasteiger partial charge in [0.25, 0.3) is 0 Å². The first-order valence-corrected chi connectivity index (χ1v) is 10.8. The Kier molecular flexibility index (Phi) is 4.73. The number of fused-ring (bicyclic) bond motifs is 1. The second-order valence-electron chi connectivity index (χ2n) is 6.56. The molecule has 2 aromatic carbocycles. The van der Waals surface area contributed by atoms with E-state index in [1.165, 1.54) is 12.1 Å². The van der Waals surface area contributed by atoms with Gasteiger partial charge in [0.2, 0.25) is 5.16 Å². The third-order valence-corrected chi connectivity index (χ3v) is 6.83. The van der Waals surface area contributed by atoms with E-state index in [4.69, 9.17) is 4.74 Å². The number of aromatic nitrogens is 3. The molecule has 1 atom stereocenters. The Morgan fingerprint density at radius 2 is 1.83 bits per heavy atom. The Labute approximate surface area is 175 Å². The van der Waals surface area contributed by atoms with Crippen LogP contribution >= 0.6 is 23.1 Å². The summed E-state index contributed by atoms with van der Waals surface area (Å²) < 4.78 is 20.8. The first kappa shape index (κ1) is 18.2. The van der Waals surface area contributed by atoms with Crippen molar-refractivity contribution >= 4 is 23.1 Å². The molecule has 5 rings (SSSR count). The summed E-state index contributed by atoms with van der Waals surface area (Å²) in [5.74, 6) is 1.40. The van der Waals surface area contributed by atoms with Crippen molar-refractivity contribution in [1.82, 2.24) is 14.9 Å². The monoisotopic (exact) mass is 424 g/mol. The number of nitrogens with zero attached hydrogens (tertiary/aromatic N) is 4. The summed E-state index contributed by atoms with van der Waals surface area (Å²) >= 11 is 3.29. The predicted molar refractivity (Wildman–Crippen MR) is 113 cm³/mol. The Morgan fingerprint density at radius 1 is 1.03 bits per heavy atom. The average molecular weight is 425 g/mol. The van der Waals surface area contributed by atoms with Crippen LogP contribution in [0, 0.1) is 5.82 Å². The SMILES string of the molecule is COc1ccc([C@@H]2Sc3nnc(-c4cccs4)n3N2Cc2ccc(F)cc2)cc1. The minimum Gasteiger partial charge on any atom is -0.497 e. The molecule has 2 aromatic heterocycles. The zero-order valence-electron chi connectivity index (χ0n) is 15.5. The average Bonchev–Trinajstić information content (AvgIpc) is 3.48. The zero-order valence-corrected chi connectivity index (χ0v) is 17.2. The van der Waals surface area contributed by atoms with Gasteiger partial charge in [-0.3, -0.25) is 5.01 Å². The fourth-order valence-corrected chi connectivity index (χ4v) is 5.19. The molecule has 0 spiro atoms. The van der Waals surface area contributed by atoms with E-state index in [1.807, 2.05) is 41.8 Å². The van der Waals surface area contributed by atoms with Gasteiger partial charge in [-0.2, -0.15) is 0 Å². The van der Waals surface area contributed by atoms with Crippen molar-refractivity contribution < 1.29 is 9.13 Å². The lowest BCUT2D eigenvalue weighted by atomic mass is 10.2. The molecular formula is C21H17FN4OS2. The first-order chi connectivity index (χ1) is 14.2. The van der Waals surface area contributed by atoms with Crippen LogP contribution in [0.1, 0.15) is 16.5 Å². The topological polar surface area (TPSA) is 43.2 Å². The molecule has 0 radical (unpaired) electrons. The zero-order chi connectivity index (χ0) is 19.8. The van der Waals surface area contributed by atoms with Crippen LogP contribution in [-0.2, 0) is 6.54 Å². The van der Waals surface area contributed by atoms with Crippen LogP contribution in [-0.4, -0.2) is 22.0 Å². The molecule has 3 heterocycles. The second kappa shape index (κ2) is 7.53. The minimum atomic E-state index is -0.236. The smallest absolute Gasteiger partial charge is 0.212 e. The van der Waals surface area contributed by atoms with E-state index in [0.717, 1.165) is 32.7 Å². The molecule has 29 heavy (non-hydrogen) atoms. The second-order valence-corrected chi connectivity index (χ2v) is 8.56. The van der Waals surface area contributed by atoms with E-state index in [0.29, 0.717) is 6.54 Å². The van der Waals surface area contributed by atoms with E-state index in [-0.39, 0.29) is 11.2 Å². The van der Waals surface area contributed by atoms with E-state index < -0.39 is 0 Å². The van der Waals surface area contributed by atoms with Crippen LogP contribution in [0.2, 0.25) is 0 Å². The molecule has 0 N–H and O–H groups in total. The van der Waals surface area contributed by atoms with Gasteiger partial charge < -0.3 is 4.74 Å². The van der Waals surface area contributed by atoms with Gasteiger partial charge in [-0.25, -0.2) is 9.07 Å². The van der Waals surface area contributed by atoms with Gasteiger partial charge in [-0.05, 0) is 46.8 Å². The third kappa shape index (κ3) is 3.38. The van der Waals surface area contributed by atoms with Crippen molar-refractivity contribution in [2.45, 2.75) is 17.1 Å². The number of thioether (sulfide) groups is 1. The lowest BCUT2D eigenvalue weighted by molar-refractivity contribution is 0.414. The summed E-state index contributed by atoms with van der Waals surface area (Å²) in [5, 5.41) is 14.0. The van der Waals surface area contributed by atoms with Crippen molar-refractivity contribution in [3.63, 3.8) is 0 Å². The van der Waals surface area contributed by atoms with Crippen LogP contribution < -0.4 is 9.75 Å². The molecule has 8 heteroatoms. The molecule has 0 saturated carbocycles. The molecule has 5 nitrogen and oxygen atoms in total. The van der Waals surface area contributed by atoms with Crippen molar-refractivity contribution in [1.29, 1.82) is 0 Å². The fraction of sp³-hybridized carbons (Fsp3) is 0.143. The van der Waals surface area contributed by atoms with Gasteiger partial charge in [0, 0.05) is 0 Å². The lowest BCUT2D eigenvalue weighted by Crippen LogP contribution is -2.33. The number of halogens is 1. The number of hydrogen-bond donors (Lipinski definition) is 0. The van der Waals surface area contributed by atoms with Gasteiger partial charge in [0.05, 0.1) is 18.5 Å². The Hall–Kier alpha value is -2.84. The highest BCUT2D eigenvalue weighted by Crippen LogP contribution is 2.45. The molecule has 4 aromatic rings. The van der Waals surface area contributed by atoms with Gasteiger partial charge in [0.1, 0.15) is 16.9 Å². The largest absolute Gasteiger partial charge is 0.497 e. The van der Waals surface area contributed by atoms with E-state index in [2.05, 4.69) is 32.0 Å². The van der Waals surface area contributed by atoms with Gasteiger partial charge in [-0.15, -0.1) is 21.5 Å². The molecule has 0 fully saturated rings. The van der Waals surface area contributed by atoms with E-state index in [9.17, 15) is 4.39 Å². The number of rotatable bonds is 5. The van der Waals surface area contributed by atoms with Crippen LogP contribution in [0.15, 0.2) is 71.2 Å². The minimum absolute atomic E-state index is 0.0233. The summed E-state index contributed by atoms with van der Waals surface area (Å²) in [6.07, 6.45) is 0. The van der Waals surface area contributed by atoms with Gasteiger partial charge in [-0.1, -0.05) is 42.1 Å². The maximum Gasteiger partial charge on any atom is 0.212 e. The third-order valence-electron chi connectivity index (χ3n) is 4.76. The quantitative estimate of drug-likeness (QED) is 0.446. The van der Waals surface area contributed by atoms with Crippen LogP contribution in [0.3, 0.4) is 0 Å². The number of thiophene rings is 1. The van der Waals surface area contributed by atoms with E-state index in [1.54, 1.807) is 30.2 Å². The fourth-order valence-electron chi connectivity index (χ4n) is 3.33. The van der Waals surface area contributed by atoms with Crippen LogP contribution in [0.25, 0.3) is 10.7 Å². The highest BCUT2D eigenvalue weighted by Gasteiger charge is 2.36. The highest BCUT2D eigenvalue weighted by atomic mass is 32.2. The molecule has 0 bridgehead atoms. The number of hydrogen-bond acceptors (Lipinski definition) is 6. The summed E-state index contributed by atoms with van der Waals surface area (Å²) in [7, 11) is 1.66. The predicted octanol–water partition coefficient (Wildman–Crippen LogP) is 5.10.